The summed E-state index contributed by atoms with van der Waals surface area (Å²) in [6.07, 6.45) is 0.873. The highest BCUT2D eigenvalue weighted by Crippen LogP contribution is 2.34. The number of carbonyl (C=O) groups is 2. The topological polar surface area (TPSA) is 177 Å². The number of hydrogen-bond acceptors (Lipinski definition) is 7. The predicted octanol–water partition coefficient (Wildman–Crippen LogP) is 0.902. The first-order valence-corrected chi connectivity index (χ1v) is 11.2. The van der Waals surface area contributed by atoms with Crippen molar-refractivity contribution in [3.63, 3.8) is 0 Å². The number of carboxylic acid groups (broad SMARTS) is 1. The van der Waals surface area contributed by atoms with Gasteiger partial charge in [0.2, 0.25) is 15.9 Å². The molecule has 170 valence electrons. The number of benzene rings is 2. The van der Waals surface area contributed by atoms with E-state index in [1.807, 2.05) is 5.18 Å². The third-order valence-electron chi connectivity index (χ3n) is 4.63. The minimum atomic E-state index is -3.41. The number of nitroso groups, excluding NO2 is 1. The molecule has 4 N–H and O–H groups in total. The molecule has 0 saturated heterocycles. The van der Waals surface area contributed by atoms with Gasteiger partial charge in [0.15, 0.2) is 0 Å². The number of amides is 1. The first-order chi connectivity index (χ1) is 14.7. The molecule has 0 aromatic heterocycles. The number of nitrogens with one attached hydrogen (secondary N) is 2. The van der Waals surface area contributed by atoms with E-state index in [9.17, 15) is 22.9 Å². The van der Waals surface area contributed by atoms with Crippen molar-refractivity contribution in [2.45, 2.75) is 25.3 Å². The van der Waals surface area contributed by atoms with Crippen LogP contribution in [0.4, 0.5) is 11.4 Å². The molecule has 0 radical (unpaired) electrons. The van der Waals surface area contributed by atoms with Gasteiger partial charge in [-0.25, -0.2) is 13.4 Å². The van der Waals surface area contributed by atoms with Crippen LogP contribution in [0.15, 0.2) is 53.6 Å². The molecule has 1 atom stereocenters. The summed E-state index contributed by atoms with van der Waals surface area (Å²) in [6.45, 7) is 0. The van der Waals surface area contributed by atoms with Crippen LogP contribution in [-0.4, -0.2) is 47.9 Å². The summed E-state index contributed by atoms with van der Waals surface area (Å²) in [5, 5.41) is 16.4. The highest BCUT2D eigenvalue weighted by Gasteiger charge is 2.33. The maximum absolute atomic E-state index is 12.7. The Morgan fingerprint density at radius 2 is 1.88 bits per heavy atom. The Morgan fingerprint density at radius 3 is 2.47 bits per heavy atom. The first-order valence-electron chi connectivity index (χ1n) is 9.34. The lowest BCUT2D eigenvalue weighted by molar-refractivity contribution is -0.379. The van der Waals surface area contributed by atoms with Gasteiger partial charge in [-0.1, -0.05) is 24.3 Å². The lowest BCUT2D eigenvalue weighted by atomic mass is 9.98. The van der Waals surface area contributed by atoms with Crippen molar-refractivity contribution in [2.24, 2.45) is 5.10 Å². The van der Waals surface area contributed by atoms with E-state index in [4.69, 9.17) is 5.11 Å². The van der Waals surface area contributed by atoms with Crippen LogP contribution in [0.3, 0.4) is 0 Å². The molecule has 0 spiro atoms. The van der Waals surface area contributed by atoms with Crippen LogP contribution in [-0.2, 0) is 19.6 Å². The number of hydrazone groups is 1. The summed E-state index contributed by atoms with van der Waals surface area (Å²) >= 11 is 0. The zero-order chi connectivity index (χ0) is 22.6. The SMILES string of the molecule is CS(=O)(=O)Nc1ccc(C2=NN(C(=O)CCC(=O)O)C(c3cccc([NH+]=O)c3)C2)cc1.[OH-]. The number of carbonyl (C=O) groups excluding carboxylic acids is 1. The van der Waals surface area contributed by atoms with Gasteiger partial charge in [0, 0.05) is 40.7 Å². The molecule has 0 fully saturated rings. The van der Waals surface area contributed by atoms with Crippen molar-refractivity contribution in [2.75, 3.05) is 11.0 Å². The Labute approximate surface area is 184 Å². The van der Waals surface area contributed by atoms with E-state index in [0.717, 1.165) is 6.26 Å². The molecular formula is C20H22N4O7S. The fourth-order valence-electron chi connectivity index (χ4n) is 3.26. The molecule has 1 unspecified atom stereocenters. The Balaban J connectivity index is 0.00000363. The van der Waals surface area contributed by atoms with Gasteiger partial charge in [0.05, 0.1) is 24.4 Å². The predicted molar refractivity (Wildman–Crippen MR) is 115 cm³/mol. The Bertz CT molecular complexity index is 1150. The largest absolute Gasteiger partial charge is 0.870 e. The maximum atomic E-state index is 12.7. The van der Waals surface area contributed by atoms with Gasteiger partial charge in [-0.3, -0.25) is 14.3 Å². The second-order valence-corrected chi connectivity index (χ2v) is 8.83. The van der Waals surface area contributed by atoms with Gasteiger partial charge in [0.25, 0.3) is 5.69 Å². The summed E-state index contributed by atoms with van der Waals surface area (Å²) in [6, 6.07) is 12.7. The molecule has 0 bridgehead atoms. The van der Waals surface area contributed by atoms with Crippen molar-refractivity contribution < 1.29 is 33.8 Å². The number of carboxylic acids is 1. The molecule has 1 amide bonds. The molecule has 3 rings (SSSR count). The molecule has 1 aliphatic heterocycles. The highest BCUT2D eigenvalue weighted by molar-refractivity contribution is 7.92. The number of hydrogen-bond donors (Lipinski definition) is 3. The molecule has 11 nitrogen and oxygen atoms in total. The van der Waals surface area contributed by atoms with E-state index in [1.165, 1.54) is 5.01 Å². The van der Waals surface area contributed by atoms with Crippen LogP contribution in [0.2, 0.25) is 0 Å². The molecule has 2 aromatic carbocycles. The van der Waals surface area contributed by atoms with Crippen LogP contribution in [0.5, 0.6) is 0 Å². The van der Waals surface area contributed by atoms with E-state index < -0.39 is 27.9 Å². The Hall–Kier alpha value is -3.64. The van der Waals surface area contributed by atoms with E-state index in [0.29, 0.717) is 34.6 Å². The zero-order valence-corrected chi connectivity index (χ0v) is 17.9. The number of rotatable bonds is 8. The van der Waals surface area contributed by atoms with Crippen molar-refractivity contribution in [1.29, 1.82) is 0 Å². The van der Waals surface area contributed by atoms with E-state index in [1.54, 1.807) is 48.5 Å². The average Bonchev–Trinajstić information content (AvgIpc) is 3.17. The Kier molecular flexibility index (Phi) is 7.78. The van der Waals surface area contributed by atoms with E-state index in [-0.39, 0.29) is 18.3 Å². The third kappa shape index (κ3) is 6.18. The normalized spacial score (nSPS) is 15.5. The van der Waals surface area contributed by atoms with Crippen LogP contribution < -0.4 is 9.90 Å². The van der Waals surface area contributed by atoms with Crippen LogP contribution in [0, 0.1) is 4.91 Å². The quantitative estimate of drug-likeness (QED) is 0.521. The smallest absolute Gasteiger partial charge is 0.303 e. The summed E-state index contributed by atoms with van der Waals surface area (Å²) in [7, 11) is -3.41. The van der Waals surface area contributed by atoms with Gasteiger partial charge in [0.1, 0.15) is 0 Å². The minimum absolute atomic E-state index is 0. The standard InChI is InChI=1S/C20H20N4O6S.H2O/c1-31(29,30)23-15-7-5-13(6-8-15)17-12-18(14-3-2-4-16(11-14)22-28)24(21-17)19(25)9-10-20(26)27;/h2-8,11,18,23H,9-10,12H2,1H3,(H,26,27);1H2. The third-order valence-corrected chi connectivity index (χ3v) is 5.24. The molecule has 1 aliphatic rings. The number of anilines is 1. The second-order valence-electron chi connectivity index (χ2n) is 7.08. The van der Waals surface area contributed by atoms with Gasteiger partial charge >= 0.3 is 5.97 Å². The molecule has 12 heteroatoms. The molecule has 0 aliphatic carbocycles. The van der Waals surface area contributed by atoms with Gasteiger partial charge < -0.3 is 10.6 Å². The molecule has 2 aromatic rings. The monoisotopic (exact) mass is 462 g/mol. The van der Waals surface area contributed by atoms with Gasteiger partial charge in [-0.05, 0) is 23.3 Å². The van der Waals surface area contributed by atoms with Gasteiger partial charge in [-0.15, -0.1) is 0 Å². The van der Waals surface area contributed by atoms with Crippen LogP contribution in [0.1, 0.15) is 36.4 Å². The van der Waals surface area contributed by atoms with Crippen molar-refractivity contribution >= 4 is 39.0 Å². The lowest BCUT2D eigenvalue weighted by Gasteiger charge is -2.21. The fourth-order valence-corrected chi connectivity index (χ4v) is 3.82. The summed E-state index contributed by atoms with van der Waals surface area (Å²) in [5.74, 6) is -1.53. The van der Waals surface area contributed by atoms with Crippen molar-refractivity contribution in [3.05, 3.63) is 64.6 Å². The van der Waals surface area contributed by atoms with Gasteiger partial charge in [-0.2, -0.15) is 5.10 Å². The summed E-state index contributed by atoms with van der Waals surface area (Å²) in [4.78, 5) is 34.6. The van der Waals surface area contributed by atoms with Crippen molar-refractivity contribution in [3.8, 4) is 0 Å². The van der Waals surface area contributed by atoms with E-state index >= 15 is 0 Å². The molecular weight excluding hydrogens is 440 g/mol. The first kappa shape index (κ1) is 24.6. The number of nitrogens with zero attached hydrogens (tertiary/aromatic N) is 2. The highest BCUT2D eigenvalue weighted by atomic mass is 32.2. The molecule has 0 saturated carbocycles. The van der Waals surface area contributed by atoms with Crippen LogP contribution >= 0.6 is 0 Å². The molecule has 32 heavy (non-hydrogen) atoms. The minimum Gasteiger partial charge on any atom is -0.870 e. The second kappa shape index (κ2) is 10.1. The summed E-state index contributed by atoms with van der Waals surface area (Å²) < 4.78 is 25.1. The van der Waals surface area contributed by atoms with Crippen LogP contribution in [0.25, 0.3) is 0 Å². The number of aliphatic carboxylic acids is 1. The Morgan fingerprint density at radius 1 is 1.19 bits per heavy atom. The van der Waals surface area contributed by atoms with E-state index in [2.05, 4.69) is 9.82 Å². The zero-order valence-electron chi connectivity index (χ0n) is 17.1. The maximum Gasteiger partial charge on any atom is 0.303 e. The number of sulfonamides is 1. The van der Waals surface area contributed by atoms with Crippen molar-refractivity contribution in [1.82, 2.24) is 5.01 Å². The molecule has 1 heterocycles. The average molecular weight is 462 g/mol. The summed E-state index contributed by atoms with van der Waals surface area (Å²) in [5.41, 5.74) is 2.68. The lowest BCUT2D eigenvalue weighted by Crippen LogP contribution is -2.55. The fraction of sp³-hybridized carbons (Fsp3) is 0.250.